The molecule has 6 atom stereocenters. The lowest BCUT2D eigenvalue weighted by Crippen LogP contribution is -2.26. The van der Waals surface area contributed by atoms with Crippen LogP contribution in [0.2, 0.25) is 0 Å². The fraction of sp³-hybridized carbons (Fsp3) is 1.00. The molecule has 1 heterocycles. The van der Waals surface area contributed by atoms with E-state index in [0.717, 1.165) is 19.3 Å². The van der Waals surface area contributed by atoms with Crippen molar-refractivity contribution in [2.24, 2.45) is 17.8 Å². The van der Waals surface area contributed by atoms with Crippen LogP contribution in [0.1, 0.15) is 39.0 Å². The lowest BCUT2D eigenvalue weighted by atomic mass is 9.83. The van der Waals surface area contributed by atoms with Crippen molar-refractivity contribution in [3.8, 4) is 0 Å². The predicted molar refractivity (Wildman–Crippen MR) is 59.9 cm³/mol. The molecule has 92 valence electrons. The van der Waals surface area contributed by atoms with Crippen LogP contribution < -0.4 is 0 Å². The maximum absolute atomic E-state index is 9.85. The molecular weight excluding hydrogens is 204 g/mol. The molecule has 3 fully saturated rings. The van der Waals surface area contributed by atoms with E-state index in [9.17, 15) is 5.11 Å². The molecule has 3 rings (SSSR count). The molecule has 1 aliphatic heterocycles. The van der Waals surface area contributed by atoms with Crippen molar-refractivity contribution in [1.82, 2.24) is 0 Å². The summed E-state index contributed by atoms with van der Waals surface area (Å²) in [6, 6.07) is 0. The third-order valence-electron chi connectivity index (χ3n) is 5.09. The molecular formula is C13H22O3. The first-order valence-corrected chi connectivity index (χ1v) is 6.64. The summed E-state index contributed by atoms with van der Waals surface area (Å²) < 4.78 is 6.00. The Morgan fingerprint density at radius 2 is 2.19 bits per heavy atom. The number of aliphatic hydroxyl groups excluding tert-OH is 2. The Labute approximate surface area is 96.8 Å². The minimum atomic E-state index is -0.162. The van der Waals surface area contributed by atoms with Gasteiger partial charge in [-0.15, -0.1) is 0 Å². The second-order valence-corrected chi connectivity index (χ2v) is 6.02. The van der Waals surface area contributed by atoms with Crippen molar-refractivity contribution in [2.45, 2.75) is 56.8 Å². The van der Waals surface area contributed by atoms with Gasteiger partial charge in [0.2, 0.25) is 0 Å². The first kappa shape index (κ1) is 11.0. The van der Waals surface area contributed by atoms with Crippen LogP contribution >= 0.6 is 0 Å². The van der Waals surface area contributed by atoms with Crippen LogP contribution in [0.4, 0.5) is 0 Å². The van der Waals surface area contributed by atoms with E-state index < -0.39 is 0 Å². The maximum Gasteiger partial charge on any atom is 0.101 e. The molecule has 2 saturated carbocycles. The normalized spacial score (nSPS) is 55.3. The van der Waals surface area contributed by atoms with Crippen LogP contribution in [-0.4, -0.2) is 34.6 Å². The van der Waals surface area contributed by atoms with Crippen molar-refractivity contribution < 1.29 is 14.9 Å². The zero-order valence-electron chi connectivity index (χ0n) is 9.93. The highest BCUT2D eigenvalue weighted by molar-refractivity contribution is 5.16. The number of rotatable bonds is 2. The summed E-state index contributed by atoms with van der Waals surface area (Å²) >= 11 is 0. The summed E-state index contributed by atoms with van der Waals surface area (Å²) in [5, 5.41) is 18.9. The van der Waals surface area contributed by atoms with Gasteiger partial charge in [0.15, 0.2) is 0 Å². The Bertz CT molecular complexity index is 280. The van der Waals surface area contributed by atoms with Crippen molar-refractivity contribution >= 4 is 0 Å². The SMILES string of the molecule is C[C@H]1CC[C@@H](CCO)[C@@H]2O[C@@]23CC(O)C[C@@H]13. The smallest absolute Gasteiger partial charge is 0.101 e. The second-order valence-electron chi connectivity index (χ2n) is 6.02. The van der Waals surface area contributed by atoms with Crippen LogP contribution in [-0.2, 0) is 4.74 Å². The van der Waals surface area contributed by atoms with Crippen LogP contribution in [0.5, 0.6) is 0 Å². The quantitative estimate of drug-likeness (QED) is 0.698. The average Bonchev–Trinajstić information content (AvgIpc) is 2.85. The topological polar surface area (TPSA) is 53.0 Å². The second kappa shape index (κ2) is 3.69. The van der Waals surface area contributed by atoms with E-state index in [0.29, 0.717) is 23.9 Å². The van der Waals surface area contributed by atoms with Crippen molar-refractivity contribution in [3.63, 3.8) is 0 Å². The van der Waals surface area contributed by atoms with Gasteiger partial charge in [0.05, 0.1) is 12.2 Å². The third-order valence-corrected chi connectivity index (χ3v) is 5.09. The zero-order valence-corrected chi connectivity index (χ0v) is 9.93. The van der Waals surface area contributed by atoms with Gasteiger partial charge in [-0.1, -0.05) is 6.92 Å². The molecule has 1 unspecified atom stereocenters. The monoisotopic (exact) mass is 226 g/mol. The molecule has 2 aliphatic carbocycles. The highest BCUT2D eigenvalue weighted by atomic mass is 16.6. The molecule has 1 spiro atoms. The van der Waals surface area contributed by atoms with Gasteiger partial charge in [-0.2, -0.15) is 0 Å². The minimum absolute atomic E-state index is 0.00479. The number of epoxide rings is 1. The Morgan fingerprint density at radius 1 is 1.38 bits per heavy atom. The van der Waals surface area contributed by atoms with Crippen LogP contribution in [0.15, 0.2) is 0 Å². The summed E-state index contributed by atoms with van der Waals surface area (Å²) in [6.07, 6.45) is 5.18. The van der Waals surface area contributed by atoms with Gasteiger partial charge >= 0.3 is 0 Å². The molecule has 2 N–H and O–H groups in total. The minimum Gasteiger partial charge on any atom is -0.396 e. The lowest BCUT2D eigenvalue weighted by Gasteiger charge is -2.21. The molecule has 3 nitrogen and oxygen atoms in total. The Kier molecular flexibility index (Phi) is 2.54. The van der Waals surface area contributed by atoms with Crippen LogP contribution in [0.25, 0.3) is 0 Å². The van der Waals surface area contributed by atoms with E-state index in [2.05, 4.69) is 6.92 Å². The standard InChI is InChI=1S/C13H22O3/c1-8-2-3-9(4-5-14)12-13(16-12)7-10(15)6-11(8)13/h8-12,14-15H,2-7H2,1H3/t8-,9-,10?,11-,12-,13+/m0/s1. The molecule has 0 amide bonds. The number of hydrogen-bond acceptors (Lipinski definition) is 3. The van der Waals surface area contributed by atoms with Gasteiger partial charge in [0.1, 0.15) is 5.60 Å². The number of hydrogen-bond donors (Lipinski definition) is 2. The maximum atomic E-state index is 9.85. The van der Waals surface area contributed by atoms with Gasteiger partial charge in [0.25, 0.3) is 0 Å². The third kappa shape index (κ3) is 1.45. The fourth-order valence-electron chi connectivity index (χ4n) is 4.26. The first-order valence-electron chi connectivity index (χ1n) is 6.64. The number of ether oxygens (including phenoxy) is 1. The Balaban J connectivity index is 1.81. The molecule has 0 aromatic rings. The summed E-state index contributed by atoms with van der Waals surface area (Å²) in [5.74, 6) is 1.73. The largest absolute Gasteiger partial charge is 0.396 e. The first-order chi connectivity index (χ1) is 7.67. The molecule has 3 heteroatoms. The van der Waals surface area contributed by atoms with Crippen LogP contribution in [0.3, 0.4) is 0 Å². The highest BCUT2D eigenvalue weighted by Gasteiger charge is 2.68. The molecule has 0 aromatic heterocycles. The van der Waals surface area contributed by atoms with E-state index in [-0.39, 0.29) is 18.3 Å². The average molecular weight is 226 g/mol. The van der Waals surface area contributed by atoms with Crippen molar-refractivity contribution in [1.29, 1.82) is 0 Å². The van der Waals surface area contributed by atoms with E-state index in [1.807, 2.05) is 0 Å². The highest BCUT2D eigenvalue weighted by Crippen LogP contribution is 2.61. The summed E-state index contributed by atoms with van der Waals surface area (Å²) in [5.41, 5.74) is -0.00479. The Hall–Kier alpha value is -0.120. The molecule has 0 aromatic carbocycles. The van der Waals surface area contributed by atoms with E-state index in [1.165, 1.54) is 12.8 Å². The van der Waals surface area contributed by atoms with E-state index in [4.69, 9.17) is 9.84 Å². The summed E-state index contributed by atoms with van der Waals surface area (Å²) in [7, 11) is 0. The van der Waals surface area contributed by atoms with Crippen LogP contribution in [0, 0.1) is 17.8 Å². The zero-order chi connectivity index (χ0) is 11.3. The van der Waals surface area contributed by atoms with E-state index >= 15 is 0 Å². The predicted octanol–water partition coefficient (Wildman–Crippen LogP) is 1.32. The number of aliphatic hydroxyl groups is 2. The molecule has 16 heavy (non-hydrogen) atoms. The fourth-order valence-corrected chi connectivity index (χ4v) is 4.26. The molecule has 1 saturated heterocycles. The lowest BCUT2D eigenvalue weighted by molar-refractivity contribution is 0.161. The summed E-state index contributed by atoms with van der Waals surface area (Å²) in [4.78, 5) is 0. The van der Waals surface area contributed by atoms with Gasteiger partial charge in [0, 0.05) is 13.0 Å². The van der Waals surface area contributed by atoms with Crippen molar-refractivity contribution in [3.05, 3.63) is 0 Å². The Morgan fingerprint density at radius 3 is 2.94 bits per heavy atom. The van der Waals surface area contributed by atoms with E-state index in [1.54, 1.807) is 0 Å². The van der Waals surface area contributed by atoms with Crippen molar-refractivity contribution in [2.75, 3.05) is 6.61 Å². The molecule has 0 bridgehead atoms. The van der Waals surface area contributed by atoms with Gasteiger partial charge in [-0.05, 0) is 43.4 Å². The molecule has 0 radical (unpaired) electrons. The summed E-state index contributed by atoms with van der Waals surface area (Å²) in [6.45, 7) is 2.56. The van der Waals surface area contributed by atoms with Gasteiger partial charge in [-0.25, -0.2) is 0 Å². The van der Waals surface area contributed by atoms with Gasteiger partial charge in [-0.3, -0.25) is 0 Å². The molecule has 3 aliphatic rings. The van der Waals surface area contributed by atoms with Gasteiger partial charge < -0.3 is 14.9 Å².